The molecule has 2 aromatic heterocycles. The molecule has 1 aromatic carbocycles. The Morgan fingerprint density at radius 2 is 2.08 bits per heavy atom. The van der Waals surface area contributed by atoms with Gasteiger partial charge in [0.25, 0.3) is 5.91 Å². The van der Waals surface area contributed by atoms with Crippen molar-refractivity contribution in [2.24, 2.45) is 0 Å². The van der Waals surface area contributed by atoms with Gasteiger partial charge in [-0.15, -0.1) is 0 Å². The molecule has 36 heavy (non-hydrogen) atoms. The topological polar surface area (TPSA) is 131 Å². The molecule has 0 aliphatic carbocycles. The van der Waals surface area contributed by atoms with Gasteiger partial charge in [-0.3, -0.25) is 10.1 Å². The number of hydrogen-bond donors (Lipinski definition) is 3. The van der Waals surface area contributed by atoms with Crippen molar-refractivity contribution in [3.63, 3.8) is 0 Å². The summed E-state index contributed by atoms with van der Waals surface area (Å²) in [5.41, 5.74) is 1.72. The van der Waals surface area contributed by atoms with Crippen LogP contribution < -0.4 is 25.6 Å². The van der Waals surface area contributed by atoms with E-state index in [4.69, 9.17) is 21.1 Å². The van der Waals surface area contributed by atoms with Crippen LogP contribution in [0.1, 0.15) is 27.3 Å². The van der Waals surface area contributed by atoms with Crippen LogP contribution in [0.3, 0.4) is 0 Å². The summed E-state index contributed by atoms with van der Waals surface area (Å²) in [6, 6.07) is 8.26. The second kappa shape index (κ2) is 10.6. The number of fused-ring (bicyclic) bond motifs is 1. The monoisotopic (exact) mass is 529 g/mol. The highest BCUT2D eigenvalue weighted by molar-refractivity contribution is 7.15. The van der Waals surface area contributed by atoms with Crippen LogP contribution in [-0.4, -0.2) is 59.8 Å². The molecular formula is C23H24ClN7O4S. The predicted octanol–water partition coefficient (Wildman–Crippen LogP) is 3.32. The molecule has 0 spiro atoms. The second-order valence-electron chi connectivity index (χ2n) is 8.25. The molecule has 0 radical (unpaired) electrons. The first-order chi connectivity index (χ1) is 17.5. The summed E-state index contributed by atoms with van der Waals surface area (Å²) in [5, 5.41) is 9.28. The van der Waals surface area contributed by atoms with Crippen LogP contribution in [0.5, 0.6) is 6.01 Å². The number of nitrogens with one attached hydrogen (secondary N) is 3. The number of carbonyl (C=O) groups excluding carboxylic acids is 2. The third-order valence-electron chi connectivity index (χ3n) is 5.80. The number of rotatable bonds is 6. The average molecular weight is 530 g/mol. The standard InChI is InChI=1S/C23H24ClN7O4S/c1-34-22-28-18(24)10-19(29-22)31-8-6-16-17(11-31)36-23(27-16)30-21(33)26-15-5-3-2-4-14(15)20(32)25-13-7-9-35-12-13/h2-5,10,13H,6-9,11-12H2,1H3,(H,25,32)(H2,26,27,30,33). The molecule has 3 aromatic rings. The molecular weight excluding hydrogens is 506 g/mol. The molecule has 13 heteroatoms. The van der Waals surface area contributed by atoms with E-state index in [2.05, 4.69) is 35.8 Å². The summed E-state index contributed by atoms with van der Waals surface area (Å²) >= 11 is 7.49. The van der Waals surface area contributed by atoms with Gasteiger partial charge < -0.3 is 25.0 Å². The molecule has 1 atom stereocenters. The minimum atomic E-state index is -0.477. The molecule has 1 fully saturated rings. The first-order valence-electron chi connectivity index (χ1n) is 11.4. The molecule has 188 valence electrons. The molecule has 0 bridgehead atoms. The number of carbonyl (C=O) groups is 2. The maximum absolute atomic E-state index is 12.7. The third-order valence-corrected chi connectivity index (χ3v) is 7.00. The molecule has 3 amide bonds. The van der Waals surface area contributed by atoms with Crippen molar-refractivity contribution >= 4 is 51.5 Å². The van der Waals surface area contributed by atoms with E-state index in [1.54, 1.807) is 30.3 Å². The number of benzene rings is 1. The Hall–Kier alpha value is -3.48. The number of methoxy groups -OCH3 is 1. The SMILES string of the molecule is COc1nc(Cl)cc(N2CCc3nc(NC(=O)Nc4ccccc4C(=O)NC4CCOC4)sc3C2)n1. The van der Waals surface area contributed by atoms with Gasteiger partial charge in [-0.05, 0) is 18.6 Å². The number of urea groups is 1. The van der Waals surface area contributed by atoms with Crippen LogP contribution in [0.4, 0.5) is 21.4 Å². The van der Waals surface area contributed by atoms with Crippen molar-refractivity contribution in [1.82, 2.24) is 20.3 Å². The molecule has 4 heterocycles. The highest BCUT2D eigenvalue weighted by Crippen LogP contribution is 2.31. The van der Waals surface area contributed by atoms with Crippen molar-refractivity contribution in [1.29, 1.82) is 0 Å². The molecule has 2 aliphatic heterocycles. The Bertz CT molecular complexity index is 1280. The zero-order chi connectivity index (χ0) is 25.1. The van der Waals surface area contributed by atoms with Crippen LogP contribution in [0, 0.1) is 0 Å². The highest BCUT2D eigenvalue weighted by Gasteiger charge is 2.24. The summed E-state index contributed by atoms with van der Waals surface area (Å²) in [6.07, 6.45) is 1.46. The molecule has 3 N–H and O–H groups in total. The van der Waals surface area contributed by atoms with Crippen molar-refractivity contribution < 1.29 is 19.1 Å². The van der Waals surface area contributed by atoms with E-state index in [0.717, 1.165) is 17.0 Å². The molecule has 1 saturated heterocycles. The average Bonchev–Trinajstić information content (AvgIpc) is 3.52. The van der Waals surface area contributed by atoms with E-state index in [-0.39, 0.29) is 18.0 Å². The lowest BCUT2D eigenvalue weighted by molar-refractivity contribution is 0.0931. The number of ether oxygens (including phenoxy) is 2. The molecule has 5 rings (SSSR count). The first-order valence-corrected chi connectivity index (χ1v) is 12.6. The number of halogens is 1. The maximum Gasteiger partial charge on any atom is 0.325 e. The van der Waals surface area contributed by atoms with Crippen molar-refractivity contribution in [3.8, 4) is 6.01 Å². The Labute approximate surface area is 216 Å². The fourth-order valence-electron chi connectivity index (χ4n) is 4.04. The third kappa shape index (κ3) is 5.50. The van der Waals surface area contributed by atoms with Gasteiger partial charge in [0.15, 0.2) is 5.13 Å². The van der Waals surface area contributed by atoms with Gasteiger partial charge in [0.05, 0.1) is 43.2 Å². The molecule has 11 nitrogen and oxygen atoms in total. The maximum atomic E-state index is 12.7. The van der Waals surface area contributed by atoms with Gasteiger partial charge in [0, 0.05) is 30.5 Å². The quantitative estimate of drug-likeness (QED) is 0.414. The Morgan fingerprint density at radius 3 is 2.89 bits per heavy atom. The van der Waals surface area contributed by atoms with Crippen LogP contribution >= 0.6 is 22.9 Å². The number of para-hydroxylation sites is 1. The number of thiazole rings is 1. The van der Waals surface area contributed by atoms with Crippen LogP contribution in [0.2, 0.25) is 5.15 Å². The lowest BCUT2D eigenvalue weighted by Crippen LogP contribution is -2.35. The fraction of sp³-hybridized carbons (Fsp3) is 0.348. The van der Waals surface area contributed by atoms with E-state index in [1.807, 2.05) is 0 Å². The summed E-state index contributed by atoms with van der Waals surface area (Å²) in [4.78, 5) is 41.5. The summed E-state index contributed by atoms with van der Waals surface area (Å²) in [7, 11) is 1.49. The molecule has 1 unspecified atom stereocenters. The molecule has 2 aliphatic rings. The lowest BCUT2D eigenvalue weighted by atomic mass is 10.1. The summed E-state index contributed by atoms with van der Waals surface area (Å²) in [6.45, 7) is 2.38. The Kier molecular flexibility index (Phi) is 7.16. The number of amides is 3. The summed E-state index contributed by atoms with van der Waals surface area (Å²) < 4.78 is 10.4. The van der Waals surface area contributed by atoms with Crippen molar-refractivity contribution in [2.45, 2.75) is 25.4 Å². The van der Waals surface area contributed by atoms with Gasteiger partial charge in [-0.2, -0.15) is 9.97 Å². The highest BCUT2D eigenvalue weighted by atomic mass is 35.5. The Morgan fingerprint density at radius 1 is 1.22 bits per heavy atom. The number of nitrogens with zero attached hydrogens (tertiary/aromatic N) is 4. The van der Waals surface area contributed by atoms with Crippen molar-refractivity contribution in [3.05, 3.63) is 51.6 Å². The van der Waals surface area contributed by atoms with Gasteiger partial charge in [-0.25, -0.2) is 9.78 Å². The number of hydrogen-bond acceptors (Lipinski definition) is 9. The zero-order valence-electron chi connectivity index (χ0n) is 19.4. The van der Waals surface area contributed by atoms with Gasteiger partial charge in [-0.1, -0.05) is 35.1 Å². The smallest absolute Gasteiger partial charge is 0.325 e. The van der Waals surface area contributed by atoms with E-state index < -0.39 is 6.03 Å². The van der Waals surface area contributed by atoms with E-state index in [9.17, 15) is 9.59 Å². The van der Waals surface area contributed by atoms with Gasteiger partial charge in [0.2, 0.25) is 0 Å². The first kappa shape index (κ1) is 24.2. The minimum Gasteiger partial charge on any atom is -0.467 e. The predicted molar refractivity (Wildman–Crippen MR) is 136 cm³/mol. The normalized spacial score (nSPS) is 16.8. The minimum absolute atomic E-state index is 0.0277. The lowest BCUT2D eigenvalue weighted by Gasteiger charge is -2.27. The van der Waals surface area contributed by atoms with E-state index in [0.29, 0.717) is 60.1 Å². The van der Waals surface area contributed by atoms with E-state index in [1.165, 1.54) is 18.4 Å². The van der Waals surface area contributed by atoms with Crippen LogP contribution in [0.25, 0.3) is 0 Å². The summed E-state index contributed by atoms with van der Waals surface area (Å²) in [5.74, 6) is 0.407. The number of aromatic nitrogens is 3. The van der Waals surface area contributed by atoms with Crippen LogP contribution in [-0.2, 0) is 17.7 Å². The fourth-order valence-corrected chi connectivity index (χ4v) is 5.22. The molecule has 0 saturated carbocycles. The Balaban J connectivity index is 1.23. The van der Waals surface area contributed by atoms with Gasteiger partial charge in [0.1, 0.15) is 11.0 Å². The van der Waals surface area contributed by atoms with Crippen LogP contribution in [0.15, 0.2) is 30.3 Å². The second-order valence-corrected chi connectivity index (χ2v) is 9.73. The largest absolute Gasteiger partial charge is 0.467 e. The van der Waals surface area contributed by atoms with Crippen molar-refractivity contribution in [2.75, 3.05) is 42.4 Å². The van der Waals surface area contributed by atoms with E-state index >= 15 is 0 Å². The zero-order valence-corrected chi connectivity index (χ0v) is 21.0. The van der Waals surface area contributed by atoms with Gasteiger partial charge >= 0.3 is 12.0 Å². The number of anilines is 3.